The number of hydrogen-bond acceptors (Lipinski definition) is 0. The Kier molecular flexibility index (Phi) is 6.48. The first-order valence-electron chi connectivity index (χ1n) is 7.76. The Morgan fingerprint density at radius 1 is 1.04 bits per heavy atom. The van der Waals surface area contributed by atoms with E-state index in [1.807, 2.05) is 0 Å². The van der Waals surface area contributed by atoms with Gasteiger partial charge in [0.1, 0.15) is 0 Å². The van der Waals surface area contributed by atoms with E-state index in [0.29, 0.717) is 5.92 Å². The molecule has 0 aliphatic heterocycles. The zero-order valence-electron chi connectivity index (χ0n) is 13.2. The number of rotatable bonds is 3. The van der Waals surface area contributed by atoms with Crippen molar-refractivity contribution < 1.29 is 49.5 Å². The molecule has 1 unspecified atom stereocenters. The maximum absolute atomic E-state index is 3.99. The van der Waals surface area contributed by atoms with E-state index in [1.54, 1.807) is 5.56 Å². The summed E-state index contributed by atoms with van der Waals surface area (Å²) in [6, 6.07) is 13.5. The first-order chi connectivity index (χ1) is 10.8. The number of hydrogen-bond donors (Lipinski definition) is 0. The van der Waals surface area contributed by atoms with Crippen molar-refractivity contribution in [2.45, 2.75) is 18.8 Å². The molecule has 0 fully saturated rings. The minimum atomic E-state index is 0. The van der Waals surface area contributed by atoms with Gasteiger partial charge in [-0.25, -0.2) is 0 Å². The van der Waals surface area contributed by atoms with Crippen LogP contribution in [0.25, 0.3) is 16.7 Å². The van der Waals surface area contributed by atoms with Crippen LogP contribution in [0.3, 0.4) is 0 Å². The summed E-state index contributed by atoms with van der Waals surface area (Å²) in [5, 5.41) is 0. The Morgan fingerprint density at radius 3 is 2.50 bits per heavy atom. The molecule has 3 heteroatoms. The standard InChI is InChI=1S/C21H17.2ClH.Zr/c1-2-7-17-18-10-5-6-11-19(18)20-13-12-16(14-21(17)20)15-8-3-4-9-15;;;/h2-6,8,10-13,17H,1,7,9H2;2*1H;/q;;;+2/p-2. The normalized spacial score (nSPS) is 16.6. The summed E-state index contributed by atoms with van der Waals surface area (Å²) in [7, 11) is 0. The van der Waals surface area contributed by atoms with Gasteiger partial charge in [0.2, 0.25) is 0 Å². The van der Waals surface area contributed by atoms with Gasteiger partial charge >= 0.3 is 147 Å². The van der Waals surface area contributed by atoms with E-state index in [0.717, 1.165) is 12.8 Å². The number of fused-ring (bicyclic) bond motifs is 3. The quantitative estimate of drug-likeness (QED) is 0.542. The Labute approximate surface area is 171 Å². The van der Waals surface area contributed by atoms with Gasteiger partial charge in [0.15, 0.2) is 0 Å². The van der Waals surface area contributed by atoms with Gasteiger partial charge in [-0.15, -0.1) is 0 Å². The van der Waals surface area contributed by atoms with Crippen LogP contribution in [0, 0.1) is 0 Å². The second-order valence-electron chi connectivity index (χ2n) is 5.94. The van der Waals surface area contributed by atoms with Crippen LogP contribution in [0.1, 0.15) is 35.4 Å². The summed E-state index contributed by atoms with van der Waals surface area (Å²) in [5.41, 5.74) is 8.77. The molecule has 0 saturated heterocycles. The largest absolute Gasteiger partial charge is 1.00 e. The SMILES string of the molecule is C=CCC1c2ccccc2-c2ccc(C3=CC=CC3)[c]([Zr+2])c21.[Cl-].[Cl-]. The summed E-state index contributed by atoms with van der Waals surface area (Å²) < 4.78 is 1.53. The van der Waals surface area contributed by atoms with E-state index >= 15 is 0 Å². The molecule has 0 N–H and O–H groups in total. The molecule has 0 radical (unpaired) electrons. The molecule has 0 nitrogen and oxygen atoms in total. The molecular weight excluding hydrogens is 414 g/mol. The van der Waals surface area contributed by atoms with Crippen molar-refractivity contribution in [2.75, 3.05) is 0 Å². The van der Waals surface area contributed by atoms with Gasteiger partial charge in [-0.1, -0.05) is 0 Å². The van der Waals surface area contributed by atoms with Crippen LogP contribution in [-0.2, 0) is 24.7 Å². The summed E-state index contributed by atoms with van der Waals surface area (Å²) >= 11 is 1.51. The molecule has 4 rings (SSSR count). The average molecular weight is 431 g/mol. The second kappa shape index (κ2) is 8.00. The van der Waals surface area contributed by atoms with E-state index in [9.17, 15) is 0 Å². The third kappa shape index (κ3) is 3.03. The minimum absolute atomic E-state index is 0. The molecule has 0 amide bonds. The summed E-state index contributed by atoms with van der Waals surface area (Å²) in [5.74, 6) is 0.480. The van der Waals surface area contributed by atoms with Gasteiger partial charge in [0.05, 0.1) is 0 Å². The molecule has 2 aliphatic carbocycles. The molecule has 0 spiro atoms. The van der Waals surface area contributed by atoms with Gasteiger partial charge < -0.3 is 24.8 Å². The fourth-order valence-electron chi connectivity index (χ4n) is 3.74. The van der Waals surface area contributed by atoms with Crippen molar-refractivity contribution in [1.82, 2.24) is 0 Å². The molecule has 0 bridgehead atoms. The van der Waals surface area contributed by atoms with Crippen molar-refractivity contribution >= 4 is 8.84 Å². The molecule has 2 aromatic rings. The predicted molar refractivity (Wildman–Crippen MR) is 89.9 cm³/mol. The third-order valence-corrected chi connectivity index (χ3v) is 6.06. The number of benzene rings is 2. The molecule has 2 aliphatic rings. The molecule has 119 valence electrons. The fourth-order valence-corrected chi connectivity index (χ4v) is 5.10. The molecule has 0 saturated carbocycles. The van der Waals surface area contributed by atoms with E-state index in [4.69, 9.17) is 0 Å². The predicted octanol–water partition coefficient (Wildman–Crippen LogP) is -1.10. The Morgan fingerprint density at radius 2 is 1.79 bits per heavy atom. The van der Waals surface area contributed by atoms with Gasteiger partial charge in [-0.05, 0) is 0 Å². The Hall–Kier alpha value is -0.877. The summed E-state index contributed by atoms with van der Waals surface area (Å²) in [4.78, 5) is 0. The van der Waals surface area contributed by atoms with Gasteiger partial charge in [0.25, 0.3) is 0 Å². The van der Waals surface area contributed by atoms with Gasteiger partial charge in [-0.2, -0.15) is 0 Å². The van der Waals surface area contributed by atoms with Crippen LogP contribution in [0.5, 0.6) is 0 Å². The maximum Gasteiger partial charge on any atom is -1.00 e. The van der Waals surface area contributed by atoms with Crippen molar-refractivity contribution in [1.29, 1.82) is 0 Å². The zero-order valence-corrected chi connectivity index (χ0v) is 17.2. The molecule has 0 aromatic heterocycles. The molecule has 1 atom stereocenters. The average Bonchev–Trinajstić information content (AvgIpc) is 3.16. The van der Waals surface area contributed by atoms with E-state index in [2.05, 4.69) is 67.3 Å². The Balaban J connectivity index is 0.00000104. The van der Waals surface area contributed by atoms with Crippen LogP contribution in [0.15, 0.2) is 67.3 Å². The topological polar surface area (TPSA) is 0 Å². The van der Waals surface area contributed by atoms with Crippen LogP contribution < -0.4 is 28.1 Å². The fraction of sp³-hybridized carbons (Fsp3) is 0.143. The summed E-state index contributed by atoms with van der Waals surface area (Å²) in [6.45, 7) is 3.99. The van der Waals surface area contributed by atoms with E-state index in [-0.39, 0.29) is 24.8 Å². The first kappa shape index (κ1) is 19.4. The third-order valence-electron chi connectivity index (χ3n) is 4.74. The van der Waals surface area contributed by atoms with E-state index < -0.39 is 0 Å². The Bertz CT molecular complexity index is 834. The van der Waals surface area contributed by atoms with Crippen molar-refractivity contribution in [2.24, 2.45) is 0 Å². The molecule has 0 heterocycles. The van der Waals surface area contributed by atoms with Crippen LogP contribution in [-0.4, -0.2) is 0 Å². The van der Waals surface area contributed by atoms with Gasteiger partial charge in [0, 0.05) is 0 Å². The maximum atomic E-state index is 3.99. The van der Waals surface area contributed by atoms with E-state index in [1.165, 1.54) is 55.8 Å². The molecule has 24 heavy (non-hydrogen) atoms. The molecule has 2 aromatic carbocycles. The van der Waals surface area contributed by atoms with Crippen LogP contribution in [0.4, 0.5) is 0 Å². The van der Waals surface area contributed by atoms with Crippen molar-refractivity contribution in [3.8, 4) is 11.1 Å². The van der Waals surface area contributed by atoms with Gasteiger partial charge in [-0.3, -0.25) is 0 Å². The first-order valence-corrected chi connectivity index (χ1v) is 8.99. The summed E-state index contributed by atoms with van der Waals surface area (Å²) in [6.07, 6.45) is 10.8. The monoisotopic (exact) mass is 429 g/mol. The molecular formula is C21H17Cl2Zr. The number of halogens is 2. The second-order valence-corrected chi connectivity index (χ2v) is 7.17. The minimum Gasteiger partial charge on any atom is -1.00 e. The van der Waals surface area contributed by atoms with Crippen LogP contribution in [0.2, 0.25) is 0 Å². The van der Waals surface area contributed by atoms with Crippen molar-refractivity contribution in [3.63, 3.8) is 0 Å². The zero-order chi connectivity index (χ0) is 15.1. The van der Waals surface area contributed by atoms with Crippen LogP contribution >= 0.6 is 0 Å². The van der Waals surface area contributed by atoms with Crippen molar-refractivity contribution in [3.05, 3.63) is 84.0 Å². The number of allylic oxidation sites excluding steroid dienone is 5. The smallest absolute Gasteiger partial charge is 1.00 e.